The number of hydrogen-bond acceptors (Lipinski definition) is 3. The third kappa shape index (κ3) is 3.87. The van der Waals surface area contributed by atoms with Gasteiger partial charge in [0.15, 0.2) is 0 Å². The van der Waals surface area contributed by atoms with Crippen LogP contribution in [0.3, 0.4) is 0 Å². The van der Waals surface area contributed by atoms with Gasteiger partial charge in [0.05, 0.1) is 0 Å². The van der Waals surface area contributed by atoms with Crippen LogP contribution >= 0.6 is 0 Å². The highest BCUT2D eigenvalue weighted by molar-refractivity contribution is 6.35. The zero-order valence-electron chi connectivity index (χ0n) is 15.3. The van der Waals surface area contributed by atoms with E-state index in [2.05, 4.69) is 12.2 Å². The Morgan fingerprint density at radius 1 is 1.04 bits per heavy atom. The minimum absolute atomic E-state index is 0.0606. The Morgan fingerprint density at radius 2 is 1.57 bits per heavy atom. The Balaban J connectivity index is 2.12. The molecule has 0 aromatic carbocycles. The fraction of sp³-hybridized carbons (Fsp3) is 0.889. The molecule has 2 rings (SSSR count). The molecule has 5 heteroatoms. The van der Waals surface area contributed by atoms with Crippen LogP contribution in [0.2, 0.25) is 0 Å². The van der Waals surface area contributed by atoms with Crippen LogP contribution in [0.5, 0.6) is 0 Å². The molecule has 132 valence electrons. The summed E-state index contributed by atoms with van der Waals surface area (Å²) < 4.78 is 0. The highest BCUT2D eigenvalue weighted by Gasteiger charge is 2.48. The van der Waals surface area contributed by atoms with Crippen molar-refractivity contribution in [2.75, 3.05) is 0 Å². The van der Waals surface area contributed by atoms with Gasteiger partial charge in [-0.3, -0.25) is 9.59 Å². The number of piperidine rings is 1. The largest absolute Gasteiger partial charge is 0.345 e. The third-order valence-corrected chi connectivity index (χ3v) is 5.56. The molecule has 0 aromatic rings. The monoisotopic (exact) mass is 323 g/mol. The van der Waals surface area contributed by atoms with Crippen LogP contribution in [0, 0.1) is 5.92 Å². The number of nitrogens with two attached hydrogens (primary N) is 1. The molecule has 2 fully saturated rings. The van der Waals surface area contributed by atoms with Gasteiger partial charge in [-0.1, -0.05) is 19.8 Å². The van der Waals surface area contributed by atoms with Gasteiger partial charge in [-0.05, 0) is 59.3 Å². The second kappa shape index (κ2) is 6.42. The van der Waals surface area contributed by atoms with Crippen LogP contribution in [0.25, 0.3) is 0 Å². The number of carbonyl (C=O) groups excluding carboxylic acids is 2. The van der Waals surface area contributed by atoms with Gasteiger partial charge < -0.3 is 16.0 Å². The topological polar surface area (TPSA) is 75.4 Å². The smallest absolute Gasteiger partial charge is 0.312 e. The Kier molecular flexibility index (Phi) is 5.09. The summed E-state index contributed by atoms with van der Waals surface area (Å²) in [7, 11) is 0. The molecular formula is C18H33N3O2. The first-order chi connectivity index (χ1) is 10.5. The normalized spacial score (nSPS) is 30.8. The summed E-state index contributed by atoms with van der Waals surface area (Å²) in [4.78, 5) is 27.2. The maximum Gasteiger partial charge on any atom is 0.312 e. The Hall–Kier alpha value is -1.10. The molecule has 2 unspecified atom stereocenters. The molecule has 1 saturated carbocycles. The summed E-state index contributed by atoms with van der Waals surface area (Å²) in [6, 6.07) is 0.184. The van der Waals surface area contributed by atoms with Crippen molar-refractivity contribution in [3.05, 3.63) is 0 Å². The third-order valence-electron chi connectivity index (χ3n) is 5.56. The number of hydrogen-bond donors (Lipinski definition) is 2. The summed E-state index contributed by atoms with van der Waals surface area (Å²) in [6.07, 6.45) is 5.86. The van der Waals surface area contributed by atoms with Gasteiger partial charge in [0, 0.05) is 23.2 Å². The summed E-state index contributed by atoms with van der Waals surface area (Å²) in [5.41, 5.74) is 5.34. The van der Waals surface area contributed by atoms with Crippen molar-refractivity contribution in [1.29, 1.82) is 0 Å². The molecule has 23 heavy (non-hydrogen) atoms. The Bertz CT molecular complexity index is 455. The van der Waals surface area contributed by atoms with Gasteiger partial charge in [-0.15, -0.1) is 0 Å². The van der Waals surface area contributed by atoms with E-state index in [9.17, 15) is 9.59 Å². The van der Waals surface area contributed by atoms with Crippen molar-refractivity contribution in [1.82, 2.24) is 10.2 Å². The fourth-order valence-electron chi connectivity index (χ4n) is 4.77. The lowest BCUT2D eigenvalue weighted by Gasteiger charge is -2.54. The molecule has 0 bridgehead atoms. The molecule has 2 aliphatic rings. The minimum atomic E-state index is -0.458. The van der Waals surface area contributed by atoms with E-state index in [0.29, 0.717) is 5.92 Å². The molecular weight excluding hydrogens is 290 g/mol. The van der Waals surface area contributed by atoms with E-state index in [4.69, 9.17) is 5.73 Å². The van der Waals surface area contributed by atoms with E-state index in [-0.39, 0.29) is 12.1 Å². The van der Waals surface area contributed by atoms with Crippen molar-refractivity contribution in [2.45, 2.75) is 96.3 Å². The van der Waals surface area contributed by atoms with E-state index in [1.54, 1.807) is 4.90 Å². The van der Waals surface area contributed by atoms with Crippen molar-refractivity contribution in [2.24, 2.45) is 11.7 Å². The first-order valence-corrected chi connectivity index (χ1v) is 8.95. The number of amides is 2. The predicted molar refractivity (Wildman–Crippen MR) is 91.8 cm³/mol. The van der Waals surface area contributed by atoms with Gasteiger partial charge in [-0.25, -0.2) is 0 Å². The first kappa shape index (κ1) is 18.2. The van der Waals surface area contributed by atoms with E-state index in [1.807, 2.05) is 27.7 Å². The molecule has 3 N–H and O–H groups in total. The fourth-order valence-corrected chi connectivity index (χ4v) is 4.77. The lowest BCUT2D eigenvalue weighted by atomic mass is 9.77. The van der Waals surface area contributed by atoms with Gasteiger partial charge in [0.25, 0.3) is 0 Å². The lowest BCUT2D eigenvalue weighted by Crippen LogP contribution is -2.67. The molecule has 5 nitrogen and oxygen atoms in total. The Labute approximate surface area is 140 Å². The summed E-state index contributed by atoms with van der Waals surface area (Å²) >= 11 is 0. The molecule has 0 spiro atoms. The lowest BCUT2D eigenvalue weighted by molar-refractivity contribution is -0.159. The number of nitrogens with one attached hydrogen (secondary N) is 1. The molecule has 0 radical (unpaired) electrons. The molecule has 1 aliphatic carbocycles. The average Bonchev–Trinajstić information content (AvgIpc) is 2.37. The van der Waals surface area contributed by atoms with Gasteiger partial charge >= 0.3 is 11.8 Å². The molecule has 1 heterocycles. The number of rotatable bonds is 1. The zero-order chi connectivity index (χ0) is 17.4. The van der Waals surface area contributed by atoms with Gasteiger partial charge in [-0.2, -0.15) is 0 Å². The standard InChI is InChI=1S/C18H33N3O2/c1-12-8-6-7-9-14(12)20-15(22)16(23)21-17(2,3)10-13(19)11-18(21,4)5/h12-14H,6-11,19H2,1-5H3,(H,20,22). The molecule has 0 aromatic heterocycles. The SMILES string of the molecule is CC1CCCCC1NC(=O)C(=O)N1C(C)(C)CC(N)CC1(C)C. The molecule has 2 amide bonds. The molecule has 1 saturated heterocycles. The van der Waals surface area contributed by atoms with Crippen LogP contribution in [0.1, 0.15) is 73.1 Å². The maximum absolute atomic E-state index is 12.9. The average molecular weight is 323 g/mol. The van der Waals surface area contributed by atoms with Crippen LogP contribution in [0.4, 0.5) is 0 Å². The van der Waals surface area contributed by atoms with Crippen molar-refractivity contribution in [3.8, 4) is 0 Å². The Morgan fingerprint density at radius 3 is 2.09 bits per heavy atom. The van der Waals surface area contributed by atoms with Crippen LogP contribution in [-0.2, 0) is 9.59 Å². The summed E-state index contributed by atoms with van der Waals surface area (Å²) in [5.74, 6) is -0.429. The maximum atomic E-state index is 12.9. The van der Waals surface area contributed by atoms with Crippen LogP contribution < -0.4 is 11.1 Å². The van der Waals surface area contributed by atoms with E-state index < -0.39 is 22.9 Å². The number of carbonyl (C=O) groups is 2. The van der Waals surface area contributed by atoms with Crippen LogP contribution in [-0.4, -0.2) is 39.9 Å². The van der Waals surface area contributed by atoms with Crippen LogP contribution in [0.15, 0.2) is 0 Å². The quantitative estimate of drug-likeness (QED) is 0.726. The number of nitrogens with zero attached hydrogens (tertiary/aromatic N) is 1. The van der Waals surface area contributed by atoms with Gasteiger partial charge in [0.1, 0.15) is 0 Å². The second-order valence-electron chi connectivity index (χ2n) is 8.78. The summed E-state index contributed by atoms with van der Waals surface area (Å²) in [5, 5.41) is 2.99. The molecule has 1 aliphatic heterocycles. The number of likely N-dealkylation sites (tertiary alicyclic amines) is 1. The van der Waals surface area contributed by atoms with Crippen molar-refractivity contribution < 1.29 is 9.59 Å². The first-order valence-electron chi connectivity index (χ1n) is 8.95. The van der Waals surface area contributed by atoms with E-state index in [0.717, 1.165) is 32.1 Å². The summed E-state index contributed by atoms with van der Waals surface area (Å²) in [6.45, 7) is 10.2. The minimum Gasteiger partial charge on any atom is -0.345 e. The van der Waals surface area contributed by atoms with E-state index in [1.165, 1.54) is 6.42 Å². The van der Waals surface area contributed by atoms with E-state index >= 15 is 0 Å². The predicted octanol–water partition coefficient (Wildman–Crippen LogP) is 2.19. The van der Waals surface area contributed by atoms with Gasteiger partial charge in [0.2, 0.25) is 0 Å². The second-order valence-corrected chi connectivity index (χ2v) is 8.78. The van der Waals surface area contributed by atoms with Crippen molar-refractivity contribution in [3.63, 3.8) is 0 Å². The molecule has 2 atom stereocenters. The highest BCUT2D eigenvalue weighted by atomic mass is 16.2. The zero-order valence-corrected chi connectivity index (χ0v) is 15.3. The van der Waals surface area contributed by atoms with Crippen molar-refractivity contribution >= 4 is 11.8 Å². The highest BCUT2D eigenvalue weighted by Crippen LogP contribution is 2.37.